The molecule has 0 aliphatic carbocycles. The zero-order valence-corrected chi connectivity index (χ0v) is 19.1. The third-order valence-corrected chi connectivity index (χ3v) is 6.31. The van der Waals surface area contributed by atoms with Crippen LogP contribution in [0, 0.1) is 13.8 Å². The van der Waals surface area contributed by atoms with Gasteiger partial charge < -0.3 is 19.9 Å². The monoisotopic (exact) mass is 416 g/mol. The van der Waals surface area contributed by atoms with Crippen LogP contribution in [0.1, 0.15) is 36.6 Å². The van der Waals surface area contributed by atoms with Crippen LogP contribution in [-0.4, -0.2) is 91.0 Å². The van der Waals surface area contributed by atoms with E-state index in [4.69, 9.17) is 4.74 Å². The van der Waals surface area contributed by atoms with E-state index in [2.05, 4.69) is 25.1 Å². The molecule has 8 heteroatoms. The number of pyridine rings is 1. The predicted molar refractivity (Wildman–Crippen MR) is 119 cm³/mol. The molecule has 8 nitrogen and oxygen atoms in total. The SMILES string of the molecule is CN=C(NCc1ncc(C)c(OC)c1C)N1CCN(C(C)C(=O)N2CCCC2)CC1. The second-order valence-corrected chi connectivity index (χ2v) is 8.18. The number of rotatable bonds is 5. The van der Waals surface area contributed by atoms with Crippen LogP contribution in [0.4, 0.5) is 0 Å². The molecule has 0 bridgehead atoms. The van der Waals surface area contributed by atoms with Crippen molar-refractivity contribution in [3.8, 4) is 5.75 Å². The van der Waals surface area contributed by atoms with Gasteiger partial charge in [0.15, 0.2) is 5.96 Å². The van der Waals surface area contributed by atoms with Gasteiger partial charge >= 0.3 is 0 Å². The zero-order valence-electron chi connectivity index (χ0n) is 19.1. The van der Waals surface area contributed by atoms with Crippen LogP contribution >= 0.6 is 0 Å². The molecule has 1 N–H and O–H groups in total. The Morgan fingerprint density at radius 1 is 1.17 bits per heavy atom. The third-order valence-electron chi connectivity index (χ3n) is 6.31. The number of amides is 1. The quantitative estimate of drug-likeness (QED) is 0.578. The maximum Gasteiger partial charge on any atom is 0.239 e. The Kier molecular flexibility index (Phi) is 7.53. The minimum absolute atomic E-state index is 0.0490. The molecule has 2 fully saturated rings. The van der Waals surface area contributed by atoms with Gasteiger partial charge in [-0.05, 0) is 33.6 Å². The van der Waals surface area contributed by atoms with Crippen molar-refractivity contribution in [1.29, 1.82) is 0 Å². The fourth-order valence-electron chi connectivity index (χ4n) is 4.42. The van der Waals surface area contributed by atoms with Gasteiger partial charge in [-0.3, -0.25) is 19.7 Å². The molecule has 3 heterocycles. The number of likely N-dealkylation sites (tertiary alicyclic amines) is 1. The lowest BCUT2D eigenvalue weighted by Gasteiger charge is -2.39. The number of methoxy groups -OCH3 is 1. The number of guanidine groups is 1. The van der Waals surface area contributed by atoms with Crippen molar-refractivity contribution in [2.75, 3.05) is 53.4 Å². The van der Waals surface area contributed by atoms with Gasteiger partial charge in [0, 0.05) is 63.6 Å². The lowest BCUT2D eigenvalue weighted by molar-refractivity contribution is -0.135. The summed E-state index contributed by atoms with van der Waals surface area (Å²) in [6.45, 7) is 11.9. The minimum Gasteiger partial charge on any atom is -0.496 e. The molecular formula is C22H36N6O2. The van der Waals surface area contributed by atoms with Crippen LogP contribution in [-0.2, 0) is 11.3 Å². The lowest BCUT2D eigenvalue weighted by Crippen LogP contribution is -2.57. The summed E-state index contributed by atoms with van der Waals surface area (Å²) in [7, 11) is 3.50. The molecule has 2 aliphatic rings. The van der Waals surface area contributed by atoms with Crippen molar-refractivity contribution in [2.24, 2.45) is 4.99 Å². The van der Waals surface area contributed by atoms with Crippen LogP contribution in [0.5, 0.6) is 5.75 Å². The summed E-state index contributed by atoms with van der Waals surface area (Å²) in [5, 5.41) is 3.44. The third kappa shape index (κ3) is 4.86. The van der Waals surface area contributed by atoms with Gasteiger partial charge in [0.05, 0.1) is 25.4 Å². The van der Waals surface area contributed by atoms with Gasteiger partial charge in [0.2, 0.25) is 5.91 Å². The number of aliphatic imine (C=N–C) groups is 1. The molecule has 1 unspecified atom stereocenters. The van der Waals surface area contributed by atoms with E-state index in [-0.39, 0.29) is 11.9 Å². The number of aryl methyl sites for hydroxylation is 1. The van der Waals surface area contributed by atoms with E-state index in [1.54, 1.807) is 7.11 Å². The average Bonchev–Trinajstić information content (AvgIpc) is 3.30. The van der Waals surface area contributed by atoms with Gasteiger partial charge in [-0.2, -0.15) is 0 Å². The number of hydrogen-bond acceptors (Lipinski definition) is 5. The van der Waals surface area contributed by atoms with E-state index < -0.39 is 0 Å². The zero-order chi connectivity index (χ0) is 21.7. The number of ether oxygens (including phenoxy) is 1. The highest BCUT2D eigenvalue weighted by Gasteiger charge is 2.30. The molecule has 1 atom stereocenters. The van der Waals surface area contributed by atoms with E-state index in [0.29, 0.717) is 6.54 Å². The molecule has 1 aromatic rings. The van der Waals surface area contributed by atoms with E-state index >= 15 is 0 Å². The Hall–Kier alpha value is -2.35. The van der Waals surface area contributed by atoms with Crippen LogP contribution in [0.3, 0.4) is 0 Å². The molecule has 2 aliphatic heterocycles. The topological polar surface area (TPSA) is 73.3 Å². The number of nitrogens with one attached hydrogen (secondary N) is 1. The number of hydrogen-bond donors (Lipinski definition) is 1. The fourth-order valence-corrected chi connectivity index (χ4v) is 4.42. The van der Waals surface area contributed by atoms with Crippen molar-refractivity contribution in [3.05, 3.63) is 23.0 Å². The maximum absolute atomic E-state index is 12.7. The van der Waals surface area contributed by atoms with Crippen LogP contribution < -0.4 is 10.1 Å². The molecule has 1 amide bonds. The van der Waals surface area contributed by atoms with Crippen molar-refractivity contribution in [3.63, 3.8) is 0 Å². The Bertz CT molecular complexity index is 767. The van der Waals surface area contributed by atoms with Crippen molar-refractivity contribution in [2.45, 2.75) is 46.2 Å². The second kappa shape index (κ2) is 10.1. The fraction of sp³-hybridized carbons (Fsp3) is 0.682. The average molecular weight is 417 g/mol. The van der Waals surface area contributed by atoms with Gasteiger partial charge in [-0.25, -0.2) is 0 Å². The first-order chi connectivity index (χ1) is 14.5. The molecule has 0 aromatic carbocycles. The van der Waals surface area contributed by atoms with Gasteiger partial charge in [-0.15, -0.1) is 0 Å². The molecule has 30 heavy (non-hydrogen) atoms. The first-order valence-electron chi connectivity index (χ1n) is 10.9. The summed E-state index contributed by atoms with van der Waals surface area (Å²) >= 11 is 0. The van der Waals surface area contributed by atoms with Crippen LogP contribution in [0.2, 0.25) is 0 Å². The molecule has 166 valence electrons. The molecule has 1 aromatic heterocycles. The first-order valence-corrected chi connectivity index (χ1v) is 10.9. The Morgan fingerprint density at radius 2 is 1.83 bits per heavy atom. The molecule has 3 rings (SSSR count). The summed E-state index contributed by atoms with van der Waals surface area (Å²) in [5.41, 5.74) is 3.05. The normalized spacial score (nSPS) is 19.2. The Labute approximate surface area is 180 Å². The molecule has 0 radical (unpaired) electrons. The van der Waals surface area contributed by atoms with E-state index in [0.717, 1.165) is 80.6 Å². The molecule has 0 spiro atoms. The van der Waals surface area contributed by atoms with Crippen LogP contribution in [0.25, 0.3) is 0 Å². The van der Waals surface area contributed by atoms with Gasteiger partial charge in [-0.1, -0.05) is 0 Å². The standard InChI is InChI=1S/C22H36N6O2/c1-16-14-24-19(17(2)20(16)30-5)15-25-22(23-4)28-12-10-26(11-13-28)18(3)21(29)27-8-6-7-9-27/h14,18H,6-13,15H2,1-5H3,(H,23,25). The van der Waals surface area contributed by atoms with E-state index in [1.165, 1.54) is 0 Å². The number of piperazine rings is 1. The van der Waals surface area contributed by atoms with E-state index in [9.17, 15) is 4.79 Å². The minimum atomic E-state index is -0.0490. The smallest absolute Gasteiger partial charge is 0.239 e. The second-order valence-electron chi connectivity index (χ2n) is 8.18. The highest BCUT2D eigenvalue weighted by atomic mass is 16.5. The maximum atomic E-state index is 12.7. The van der Waals surface area contributed by atoms with Gasteiger partial charge in [0.25, 0.3) is 0 Å². The molecular weight excluding hydrogens is 380 g/mol. The predicted octanol–water partition coefficient (Wildman–Crippen LogP) is 1.41. The summed E-state index contributed by atoms with van der Waals surface area (Å²) < 4.78 is 5.51. The number of aromatic nitrogens is 1. The number of nitrogens with zero attached hydrogens (tertiary/aromatic N) is 5. The van der Waals surface area contributed by atoms with Crippen molar-refractivity contribution >= 4 is 11.9 Å². The molecule has 0 saturated carbocycles. The summed E-state index contributed by atoms with van der Waals surface area (Å²) in [4.78, 5) is 28.3. The van der Waals surface area contributed by atoms with Crippen molar-refractivity contribution < 1.29 is 9.53 Å². The van der Waals surface area contributed by atoms with Gasteiger partial charge in [0.1, 0.15) is 5.75 Å². The summed E-state index contributed by atoms with van der Waals surface area (Å²) in [6.07, 6.45) is 4.12. The summed E-state index contributed by atoms with van der Waals surface area (Å²) in [6, 6.07) is -0.0490. The summed E-state index contributed by atoms with van der Waals surface area (Å²) in [5.74, 6) is 2.04. The van der Waals surface area contributed by atoms with Crippen molar-refractivity contribution in [1.82, 2.24) is 25.0 Å². The first kappa shape index (κ1) is 22.3. The highest BCUT2D eigenvalue weighted by molar-refractivity contribution is 5.82. The van der Waals surface area contributed by atoms with E-state index in [1.807, 2.05) is 38.9 Å². The highest BCUT2D eigenvalue weighted by Crippen LogP contribution is 2.23. The number of carbonyl (C=O) groups is 1. The van der Waals surface area contributed by atoms with Crippen LogP contribution in [0.15, 0.2) is 11.2 Å². The largest absolute Gasteiger partial charge is 0.496 e. The molecule has 2 saturated heterocycles. The lowest BCUT2D eigenvalue weighted by atomic mass is 10.1. The number of carbonyl (C=O) groups excluding carboxylic acids is 1. The Morgan fingerprint density at radius 3 is 2.43 bits per heavy atom. The Balaban J connectivity index is 1.53.